The molecule has 0 aliphatic heterocycles. The molecule has 2 rings (SSSR count). The summed E-state index contributed by atoms with van der Waals surface area (Å²) in [6.07, 6.45) is 1.09. The molecule has 2 aromatic rings. The first kappa shape index (κ1) is 14.9. The zero-order valence-corrected chi connectivity index (χ0v) is 13.9. The molecule has 0 fully saturated rings. The van der Waals surface area contributed by atoms with E-state index in [2.05, 4.69) is 89.6 Å². The van der Waals surface area contributed by atoms with Crippen molar-refractivity contribution in [2.75, 3.05) is 24.3 Å². The first-order chi connectivity index (χ1) is 9.60. The van der Waals surface area contributed by atoms with Crippen LogP contribution in [-0.4, -0.2) is 14.1 Å². The summed E-state index contributed by atoms with van der Waals surface area (Å²) >= 11 is 3.53. The Morgan fingerprint density at radius 1 is 1.00 bits per heavy atom. The fourth-order valence-corrected chi connectivity index (χ4v) is 2.49. The molecule has 0 saturated carbocycles. The normalized spacial score (nSPS) is 10.4. The maximum atomic E-state index is 3.53. The number of benzene rings is 2. The molecule has 0 atom stereocenters. The van der Waals surface area contributed by atoms with E-state index < -0.39 is 0 Å². The first-order valence-corrected chi connectivity index (χ1v) is 7.68. The van der Waals surface area contributed by atoms with E-state index in [1.807, 2.05) is 0 Å². The topological polar surface area (TPSA) is 15.3 Å². The summed E-state index contributed by atoms with van der Waals surface area (Å²) in [6, 6.07) is 15.1. The molecule has 2 nitrogen and oxygen atoms in total. The third-order valence-corrected chi connectivity index (χ3v) is 3.85. The highest BCUT2D eigenvalue weighted by Gasteiger charge is 2.05. The number of anilines is 2. The summed E-state index contributed by atoms with van der Waals surface area (Å²) in [5, 5.41) is 3.52. The average Bonchev–Trinajstić information content (AvgIpc) is 2.45. The van der Waals surface area contributed by atoms with Crippen molar-refractivity contribution in [3.63, 3.8) is 0 Å². The number of rotatable bonds is 5. The van der Waals surface area contributed by atoms with E-state index in [0.29, 0.717) is 0 Å². The maximum absolute atomic E-state index is 3.53. The Labute approximate surface area is 129 Å². The molecule has 0 aliphatic rings. The Balaban J connectivity index is 2.11. The predicted molar refractivity (Wildman–Crippen MR) is 91.6 cm³/mol. The van der Waals surface area contributed by atoms with Crippen molar-refractivity contribution >= 4 is 27.3 Å². The van der Waals surface area contributed by atoms with Gasteiger partial charge >= 0.3 is 0 Å². The standard InChI is InChI=1S/C17H21BrN2/c1-4-13-5-7-14(8-6-13)12-19-16-11-15(18)9-10-17(16)20(2)3/h5-11,19H,4,12H2,1-3H3. The molecule has 2 aromatic carbocycles. The highest BCUT2D eigenvalue weighted by atomic mass is 79.9. The van der Waals surface area contributed by atoms with E-state index in [-0.39, 0.29) is 0 Å². The molecule has 0 aromatic heterocycles. The van der Waals surface area contributed by atoms with Gasteiger partial charge in [0, 0.05) is 25.1 Å². The highest BCUT2D eigenvalue weighted by molar-refractivity contribution is 9.10. The van der Waals surface area contributed by atoms with Gasteiger partial charge in [0.25, 0.3) is 0 Å². The van der Waals surface area contributed by atoms with Gasteiger partial charge in [-0.25, -0.2) is 0 Å². The third-order valence-electron chi connectivity index (χ3n) is 3.35. The van der Waals surface area contributed by atoms with Crippen molar-refractivity contribution in [3.8, 4) is 0 Å². The fourth-order valence-electron chi connectivity index (χ4n) is 2.13. The fraction of sp³-hybridized carbons (Fsp3) is 0.294. The summed E-state index contributed by atoms with van der Waals surface area (Å²) in [4.78, 5) is 2.12. The summed E-state index contributed by atoms with van der Waals surface area (Å²) in [6.45, 7) is 3.01. The first-order valence-electron chi connectivity index (χ1n) is 6.88. The van der Waals surface area contributed by atoms with Gasteiger partial charge in [0.05, 0.1) is 11.4 Å². The summed E-state index contributed by atoms with van der Waals surface area (Å²) in [7, 11) is 4.12. The van der Waals surface area contributed by atoms with Gasteiger partial charge in [-0.1, -0.05) is 47.1 Å². The average molecular weight is 333 g/mol. The van der Waals surface area contributed by atoms with Crippen LogP contribution in [0.15, 0.2) is 46.9 Å². The molecule has 20 heavy (non-hydrogen) atoms. The SMILES string of the molecule is CCc1ccc(CNc2cc(Br)ccc2N(C)C)cc1. The van der Waals surface area contributed by atoms with Gasteiger partial charge in [-0.05, 0) is 35.7 Å². The summed E-state index contributed by atoms with van der Waals surface area (Å²) < 4.78 is 1.09. The van der Waals surface area contributed by atoms with E-state index in [1.54, 1.807) is 0 Å². The van der Waals surface area contributed by atoms with Crippen molar-refractivity contribution in [3.05, 3.63) is 58.1 Å². The van der Waals surface area contributed by atoms with Crippen LogP contribution in [0, 0.1) is 0 Å². The molecule has 1 N–H and O–H groups in total. The van der Waals surface area contributed by atoms with E-state index in [4.69, 9.17) is 0 Å². The van der Waals surface area contributed by atoms with E-state index >= 15 is 0 Å². The Bertz CT molecular complexity index is 562. The Morgan fingerprint density at radius 2 is 1.65 bits per heavy atom. The van der Waals surface area contributed by atoms with Crippen molar-refractivity contribution < 1.29 is 0 Å². The second-order valence-corrected chi connectivity index (χ2v) is 6.00. The van der Waals surface area contributed by atoms with Gasteiger partial charge in [-0.15, -0.1) is 0 Å². The lowest BCUT2D eigenvalue weighted by Crippen LogP contribution is -2.12. The number of hydrogen-bond acceptors (Lipinski definition) is 2. The molecule has 3 heteroatoms. The largest absolute Gasteiger partial charge is 0.379 e. The lowest BCUT2D eigenvalue weighted by Gasteiger charge is -2.19. The quantitative estimate of drug-likeness (QED) is 0.854. The number of nitrogens with one attached hydrogen (secondary N) is 1. The number of hydrogen-bond donors (Lipinski definition) is 1. The van der Waals surface area contributed by atoms with Crippen LogP contribution in [0.2, 0.25) is 0 Å². The van der Waals surface area contributed by atoms with Gasteiger partial charge in [-0.2, -0.15) is 0 Å². The lowest BCUT2D eigenvalue weighted by atomic mass is 10.1. The van der Waals surface area contributed by atoms with Crippen molar-refractivity contribution in [1.82, 2.24) is 0 Å². The van der Waals surface area contributed by atoms with Crippen LogP contribution in [0.3, 0.4) is 0 Å². The molecule has 0 unspecified atom stereocenters. The summed E-state index contributed by atoms with van der Waals surface area (Å²) in [5.41, 5.74) is 5.01. The molecule has 106 valence electrons. The summed E-state index contributed by atoms with van der Waals surface area (Å²) in [5.74, 6) is 0. The molecule has 0 amide bonds. The minimum Gasteiger partial charge on any atom is -0.379 e. The smallest absolute Gasteiger partial charge is 0.0597 e. The van der Waals surface area contributed by atoms with Gasteiger partial charge < -0.3 is 10.2 Å². The van der Waals surface area contributed by atoms with Crippen molar-refractivity contribution in [2.24, 2.45) is 0 Å². The molecule has 0 aliphatic carbocycles. The molecular formula is C17H21BrN2. The molecule has 0 radical (unpaired) electrons. The maximum Gasteiger partial charge on any atom is 0.0597 e. The van der Waals surface area contributed by atoms with Crippen LogP contribution >= 0.6 is 15.9 Å². The van der Waals surface area contributed by atoms with Crippen LogP contribution in [0.4, 0.5) is 11.4 Å². The van der Waals surface area contributed by atoms with Crippen LogP contribution in [0.1, 0.15) is 18.1 Å². The van der Waals surface area contributed by atoms with Crippen LogP contribution in [-0.2, 0) is 13.0 Å². The van der Waals surface area contributed by atoms with Gasteiger partial charge in [0.15, 0.2) is 0 Å². The van der Waals surface area contributed by atoms with Crippen LogP contribution in [0.25, 0.3) is 0 Å². The van der Waals surface area contributed by atoms with E-state index in [1.165, 1.54) is 16.8 Å². The molecule has 0 heterocycles. The van der Waals surface area contributed by atoms with Gasteiger partial charge in [0.2, 0.25) is 0 Å². The molecule has 0 saturated heterocycles. The Morgan fingerprint density at radius 3 is 2.25 bits per heavy atom. The number of nitrogens with zero attached hydrogens (tertiary/aromatic N) is 1. The minimum atomic E-state index is 0.835. The molecule has 0 spiro atoms. The van der Waals surface area contributed by atoms with Gasteiger partial charge in [-0.3, -0.25) is 0 Å². The highest BCUT2D eigenvalue weighted by Crippen LogP contribution is 2.28. The molecule has 0 bridgehead atoms. The van der Waals surface area contributed by atoms with Crippen LogP contribution < -0.4 is 10.2 Å². The lowest BCUT2D eigenvalue weighted by molar-refractivity contribution is 1.09. The third kappa shape index (κ3) is 3.76. The van der Waals surface area contributed by atoms with Crippen LogP contribution in [0.5, 0.6) is 0 Å². The molecular weight excluding hydrogens is 312 g/mol. The second-order valence-electron chi connectivity index (χ2n) is 5.08. The minimum absolute atomic E-state index is 0.835. The second kappa shape index (κ2) is 6.80. The Hall–Kier alpha value is -1.48. The monoisotopic (exact) mass is 332 g/mol. The number of aryl methyl sites for hydroxylation is 1. The van der Waals surface area contributed by atoms with Crippen molar-refractivity contribution in [2.45, 2.75) is 19.9 Å². The Kier molecular flexibility index (Phi) is 5.07. The number of halogens is 1. The van der Waals surface area contributed by atoms with E-state index in [0.717, 1.165) is 23.1 Å². The van der Waals surface area contributed by atoms with Gasteiger partial charge in [0.1, 0.15) is 0 Å². The zero-order chi connectivity index (χ0) is 14.5. The zero-order valence-electron chi connectivity index (χ0n) is 12.3. The van der Waals surface area contributed by atoms with Crippen molar-refractivity contribution in [1.29, 1.82) is 0 Å². The predicted octanol–water partition coefficient (Wildman–Crippen LogP) is 4.69. The van der Waals surface area contributed by atoms with E-state index in [9.17, 15) is 0 Å².